The number of halogens is 4. The predicted octanol–water partition coefficient (Wildman–Crippen LogP) is 4.16. The number of aryl methyl sites for hydroxylation is 1. The molecule has 0 radical (unpaired) electrons. The lowest BCUT2D eigenvalue weighted by Crippen LogP contribution is -2.39. The van der Waals surface area contributed by atoms with Crippen LogP contribution in [-0.4, -0.2) is 23.7 Å². The van der Waals surface area contributed by atoms with Crippen molar-refractivity contribution < 1.29 is 13.2 Å². The monoisotopic (exact) mass is 294 g/mol. The van der Waals surface area contributed by atoms with Crippen LogP contribution in [0.1, 0.15) is 32.0 Å². The molecule has 6 heteroatoms. The van der Waals surface area contributed by atoms with Gasteiger partial charge in [-0.2, -0.15) is 13.2 Å². The van der Waals surface area contributed by atoms with Crippen molar-refractivity contribution in [3.05, 3.63) is 23.4 Å². The topological polar surface area (TPSA) is 16.1 Å². The molecular formula is C13H18ClF3N2. The van der Waals surface area contributed by atoms with Gasteiger partial charge < -0.3 is 4.90 Å². The van der Waals surface area contributed by atoms with Crippen LogP contribution < -0.4 is 4.90 Å². The second-order valence-electron chi connectivity index (χ2n) is 4.65. The lowest BCUT2D eigenvalue weighted by atomic mass is 10.2. The number of nitrogens with zero attached hydrogens (tertiary/aromatic N) is 2. The standard InChI is InChI=1S/C13H18ClF3N2/c1-4-11-5-10(7-14)6-12(18-11)19(9(2)3)8-13(15,16)17/h5-6,9H,4,7-8H2,1-3H3. The highest BCUT2D eigenvalue weighted by Gasteiger charge is 2.32. The van der Waals surface area contributed by atoms with Crippen LogP contribution in [-0.2, 0) is 12.3 Å². The zero-order valence-corrected chi connectivity index (χ0v) is 12.0. The molecule has 0 aliphatic heterocycles. The Hall–Kier alpha value is -0.970. The number of aromatic nitrogens is 1. The molecule has 0 amide bonds. The van der Waals surface area contributed by atoms with Crippen molar-refractivity contribution in [3.8, 4) is 0 Å². The van der Waals surface area contributed by atoms with E-state index in [4.69, 9.17) is 11.6 Å². The van der Waals surface area contributed by atoms with Crippen LogP contribution in [0.2, 0.25) is 0 Å². The third kappa shape index (κ3) is 4.90. The predicted molar refractivity (Wildman–Crippen MR) is 71.7 cm³/mol. The molecular weight excluding hydrogens is 277 g/mol. The zero-order chi connectivity index (χ0) is 14.6. The van der Waals surface area contributed by atoms with E-state index in [1.165, 1.54) is 4.90 Å². The minimum atomic E-state index is -4.25. The van der Waals surface area contributed by atoms with Crippen molar-refractivity contribution in [1.29, 1.82) is 0 Å². The van der Waals surface area contributed by atoms with Gasteiger partial charge in [-0.15, -0.1) is 11.6 Å². The fourth-order valence-electron chi connectivity index (χ4n) is 1.76. The molecule has 0 unspecified atom stereocenters. The molecule has 0 spiro atoms. The molecule has 0 aromatic carbocycles. The van der Waals surface area contributed by atoms with Gasteiger partial charge in [0, 0.05) is 17.6 Å². The first kappa shape index (κ1) is 16.1. The maximum absolute atomic E-state index is 12.6. The molecule has 0 aliphatic carbocycles. The van der Waals surface area contributed by atoms with Gasteiger partial charge in [0.2, 0.25) is 0 Å². The van der Waals surface area contributed by atoms with E-state index in [0.29, 0.717) is 12.2 Å². The lowest BCUT2D eigenvalue weighted by molar-refractivity contribution is -0.120. The summed E-state index contributed by atoms with van der Waals surface area (Å²) in [5, 5.41) is 0. The summed E-state index contributed by atoms with van der Waals surface area (Å²) in [6.07, 6.45) is -3.59. The second-order valence-corrected chi connectivity index (χ2v) is 4.92. The first-order valence-electron chi connectivity index (χ1n) is 6.16. The van der Waals surface area contributed by atoms with Crippen LogP contribution in [0.25, 0.3) is 0 Å². The minimum absolute atomic E-state index is 0.264. The van der Waals surface area contributed by atoms with E-state index in [1.807, 2.05) is 13.0 Å². The molecule has 0 N–H and O–H groups in total. The van der Waals surface area contributed by atoms with Crippen LogP contribution >= 0.6 is 11.6 Å². The Morgan fingerprint density at radius 3 is 2.37 bits per heavy atom. The van der Waals surface area contributed by atoms with E-state index >= 15 is 0 Å². The Morgan fingerprint density at radius 2 is 1.95 bits per heavy atom. The average Bonchev–Trinajstić information content (AvgIpc) is 2.33. The number of pyridine rings is 1. The SMILES string of the molecule is CCc1cc(CCl)cc(N(CC(F)(F)F)C(C)C)n1. The Balaban J connectivity index is 3.14. The normalized spacial score (nSPS) is 12.0. The van der Waals surface area contributed by atoms with Gasteiger partial charge in [-0.1, -0.05) is 6.92 Å². The number of rotatable bonds is 5. The molecule has 19 heavy (non-hydrogen) atoms. The van der Waals surface area contributed by atoms with E-state index in [0.717, 1.165) is 11.3 Å². The molecule has 0 bridgehead atoms. The Labute approximate surface area is 116 Å². The third-order valence-corrected chi connectivity index (χ3v) is 3.02. The highest BCUT2D eigenvalue weighted by Crippen LogP contribution is 2.24. The summed E-state index contributed by atoms with van der Waals surface area (Å²) >= 11 is 5.78. The third-order valence-electron chi connectivity index (χ3n) is 2.71. The van der Waals surface area contributed by atoms with Crippen molar-refractivity contribution >= 4 is 17.4 Å². The lowest BCUT2D eigenvalue weighted by Gasteiger charge is -2.29. The van der Waals surface area contributed by atoms with Gasteiger partial charge in [-0.25, -0.2) is 4.98 Å². The largest absolute Gasteiger partial charge is 0.405 e. The van der Waals surface area contributed by atoms with E-state index in [-0.39, 0.29) is 11.9 Å². The van der Waals surface area contributed by atoms with Crippen LogP contribution in [0.4, 0.5) is 19.0 Å². The maximum atomic E-state index is 12.6. The number of anilines is 1. The smallest absolute Gasteiger partial charge is 0.345 e. The van der Waals surface area contributed by atoms with E-state index in [9.17, 15) is 13.2 Å². The molecule has 1 heterocycles. The average molecular weight is 295 g/mol. The maximum Gasteiger partial charge on any atom is 0.405 e. The molecule has 0 aliphatic rings. The van der Waals surface area contributed by atoms with Crippen LogP contribution in [0.3, 0.4) is 0 Å². The zero-order valence-electron chi connectivity index (χ0n) is 11.3. The highest BCUT2D eigenvalue weighted by atomic mass is 35.5. The molecule has 0 atom stereocenters. The van der Waals surface area contributed by atoms with Crippen molar-refractivity contribution in [2.24, 2.45) is 0 Å². The Kier molecular flexibility index (Phi) is 5.47. The molecule has 0 saturated carbocycles. The molecule has 108 valence electrons. The molecule has 1 aromatic rings. The molecule has 0 fully saturated rings. The summed E-state index contributed by atoms with van der Waals surface area (Å²) in [6.45, 7) is 4.33. The summed E-state index contributed by atoms with van der Waals surface area (Å²) in [4.78, 5) is 5.52. The molecule has 0 saturated heterocycles. The summed E-state index contributed by atoms with van der Waals surface area (Å²) in [7, 11) is 0. The van der Waals surface area contributed by atoms with Gasteiger partial charge in [0.25, 0.3) is 0 Å². The van der Waals surface area contributed by atoms with Gasteiger partial charge in [-0.05, 0) is 38.0 Å². The van der Waals surface area contributed by atoms with Gasteiger partial charge in [0.1, 0.15) is 12.4 Å². The van der Waals surface area contributed by atoms with Crippen molar-refractivity contribution in [1.82, 2.24) is 4.98 Å². The summed E-state index contributed by atoms with van der Waals surface area (Å²) in [5.41, 5.74) is 1.54. The molecule has 1 rings (SSSR count). The van der Waals surface area contributed by atoms with E-state index in [1.54, 1.807) is 19.9 Å². The van der Waals surface area contributed by atoms with Gasteiger partial charge in [0.15, 0.2) is 0 Å². The number of alkyl halides is 4. The minimum Gasteiger partial charge on any atom is -0.345 e. The van der Waals surface area contributed by atoms with E-state index in [2.05, 4.69) is 4.98 Å². The first-order chi connectivity index (χ1) is 8.76. The van der Waals surface area contributed by atoms with Crippen molar-refractivity contribution in [2.75, 3.05) is 11.4 Å². The van der Waals surface area contributed by atoms with Crippen LogP contribution in [0.15, 0.2) is 12.1 Å². The van der Waals surface area contributed by atoms with Crippen LogP contribution in [0, 0.1) is 0 Å². The number of hydrogen-bond donors (Lipinski definition) is 0. The Bertz CT molecular complexity index is 397. The fourth-order valence-corrected chi connectivity index (χ4v) is 1.91. The van der Waals surface area contributed by atoms with Crippen LogP contribution in [0.5, 0.6) is 0 Å². The molecule has 2 nitrogen and oxygen atoms in total. The summed E-state index contributed by atoms with van der Waals surface area (Å²) < 4.78 is 37.9. The fraction of sp³-hybridized carbons (Fsp3) is 0.615. The summed E-state index contributed by atoms with van der Waals surface area (Å²) in [6, 6.07) is 3.16. The Morgan fingerprint density at radius 1 is 1.32 bits per heavy atom. The molecule has 1 aromatic heterocycles. The number of hydrogen-bond acceptors (Lipinski definition) is 2. The van der Waals surface area contributed by atoms with Gasteiger partial charge in [0.05, 0.1) is 0 Å². The highest BCUT2D eigenvalue weighted by molar-refractivity contribution is 6.17. The van der Waals surface area contributed by atoms with Gasteiger partial charge in [-0.3, -0.25) is 0 Å². The second kappa shape index (κ2) is 6.46. The summed E-state index contributed by atoms with van der Waals surface area (Å²) in [5.74, 6) is 0.600. The first-order valence-corrected chi connectivity index (χ1v) is 6.69. The van der Waals surface area contributed by atoms with E-state index < -0.39 is 12.7 Å². The quantitative estimate of drug-likeness (QED) is 0.758. The van der Waals surface area contributed by atoms with Crippen molar-refractivity contribution in [3.63, 3.8) is 0 Å². The van der Waals surface area contributed by atoms with Gasteiger partial charge >= 0.3 is 6.18 Å². The van der Waals surface area contributed by atoms with Crippen molar-refractivity contribution in [2.45, 2.75) is 45.3 Å².